The molecule has 0 aliphatic carbocycles. The van der Waals surface area contributed by atoms with E-state index in [0.717, 1.165) is 24.6 Å². The third-order valence-electron chi connectivity index (χ3n) is 4.32. The van der Waals surface area contributed by atoms with Crippen molar-refractivity contribution < 1.29 is 4.79 Å². The number of benzene rings is 1. The van der Waals surface area contributed by atoms with Gasteiger partial charge in [0.05, 0.1) is 0 Å². The van der Waals surface area contributed by atoms with Crippen molar-refractivity contribution in [1.29, 1.82) is 0 Å². The van der Waals surface area contributed by atoms with E-state index in [1.54, 1.807) is 6.07 Å². The summed E-state index contributed by atoms with van der Waals surface area (Å²) in [6.45, 7) is 8.12. The van der Waals surface area contributed by atoms with Crippen molar-refractivity contribution in [2.24, 2.45) is 0 Å². The summed E-state index contributed by atoms with van der Waals surface area (Å²) >= 11 is 0. The van der Waals surface area contributed by atoms with Gasteiger partial charge in [0.25, 0.3) is 5.91 Å². The second-order valence-corrected chi connectivity index (χ2v) is 6.58. The lowest BCUT2D eigenvalue weighted by Crippen LogP contribution is -2.22. The maximum absolute atomic E-state index is 12.5. The molecule has 1 aromatic heterocycles. The van der Waals surface area contributed by atoms with Crippen molar-refractivity contribution in [3.8, 4) is 0 Å². The highest BCUT2D eigenvalue weighted by molar-refractivity contribution is 6.03. The number of hydrogen-bond donors (Lipinski definition) is 1. The molecule has 5 heteroatoms. The lowest BCUT2D eigenvalue weighted by Gasteiger charge is -2.17. The highest BCUT2D eigenvalue weighted by Crippen LogP contribution is 2.20. The smallest absolute Gasteiger partial charge is 0.274 e. The van der Waals surface area contributed by atoms with E-state index in [-0.39, 0.29) is 5.91 Å². The lowest BCUT2D eigenvalue weighted by molar-refractivity contribution is 0.102. The monoisotopic (exact) mass is 324 g/mol. The van der Waals surface area contributed by atoms with Gasteiger partial charge in [0.1, 0.15) is 17.3 Å². The third-order valence-corrected chi connectivity index (χ3v) is 4.32. The van der Waals surface area contributed by atoms with Crippen LogP contribution in [0, 0.1) is 6.92 Å². The Balaban J connectivity index is 1.76. The van der Waals surface area contributed by atoms with Gasteiger partial charge in [-0.25, -0.2) is 9.97 Å². The quantitative estimate of drug-likeness (QED) is 0.930. The van der Waals surface area contributed by atoms with Crippen molar-refractivity contribution in [2.75, 3.05) is 23.3 Å². The van der Waals surface area contributed by atoms with E-state index in [0.29, 0.717) is 17.4 Å². The van der Waals surface area contributed by atoms with E-state index in [4.69, 9.17) is 0 Å². The number of carbonyl (C=O) groups is 1. The van der Waals surface area contributed by atoms with Crippen LogP contribution < -0.4 is 10.2 Å². The summed E-state index contributed by atoms with van der Waals surface area (Å²) in [6.07, 6.45) is 2.35. The van der Waals surface area contributed by atoms with Crippen LogP contribution in [-0.2, 0) is 0 Å². The van der Waals surface area contributed by atoms with Crippen LogP contribution in [-0.4, -0.2) is 29.0 Å². The number of hydrogen-bond acceptors (Lipinski definition) is 4. The summed E-state index contributed by atoms with van der Waals surface area (Å²) in [7, 11) is 0. The average Bonchev–Trinajstić information content (AvgIpc) is 3.09. The summed E-state index contributed by atoms with van der Waals surface area (Å²) in [5.74, 6) is 1.75. The van der Waals surface area contributed by atoms with Crippen LogP contribution in [0.5, 0.6) is 0 Å². The van der Waals surface area contributed by atoms with Gasteiger partial charge in [-0.1, -0.05) is 26.0 Å². The number of amides is 1. The van der Waals surface area contributed by atoms with Crippen LogP contribution in [0.1, 0.15) is 54.5 Å². The minimum atomic E-state index is -0.196. The minimum Gasteiger partial charge on any atom is -0.356 e. The van der Waals surface area contributed by atoms with E-state index < -0.39 is 0 Å². The van der Waals surface area contributed by atoms with Crippen molar-refractivity contribution in [3.63, 3.8) is 0 Å². The molecular formula is C19H24N4O. The zero-order valence-corrected chi connectivity index (χ0v) is 14.5. The maximum atomic E-state index is 12.5. The van der Waals surface area contributed by atoms with Gasteiger partial charge < -0.3 is 10.2 Å². The number of aryl methyl sites for hydroxylation is 1. The van der Waals surface area contributed by atoms with Gasteiger partial charge in [0, 0.05) is 24.8 Å². The first-order chi connectivity index (χ1) is 11.5. The van der Waals surface area contributed by atoms with Crippen molar-refractivity contribution in [1.82, 2.24) is 9.97 Å². The number of nitrogens with one attached hydrogen (secondary N) is 1. The fourth-order valence-electron chi connectivity index (χ4n) is 2.92. The molecule has 2 aromatic rings. The zero-order valence-electron chi connectivity index (χ0n) is 14.5. The zero-order chi connectivity index (χ0) is 17.1. The van der Waals surface area contributed by atoms with Crippen molar-refractivity contribution >= 4 is 17.4 Å². The molecule has 3 rings (SSSR count). The second kappa shape index (κ2) is 6.99. The average molecular weight is 324 g/mol. The van der Waals surface area contributed by atoms with Crippen molar-refractivity contribution in [2.45, 2.75) is 39.5 Å². The molecule has 0 spiro atoms. The van der Waals surface area contributed by atoms with Crippen LogP contribution in [0.15, 0.2) is 30.3 Å². The molecule has 126 valence electrons. The van der Waals surface area contributed by atoms with Gasteiger partial charge in [-0.15, -0.1) is 0 Å². The summed E-state index contributed by atoms with van der Waals surface area (Å²) < 4.78 is 0. The fraction of sp³-hybridized carbons (Fsp3) is 0.421. The SMILES string of the molecule is Cc1nc(C(=O)Nc2ccc(C(C)C)cc2)cc(N2CCCC2)n1. The van der Waals surface area contributed by atoms with Gasteiger partial charge >= 0.3 is 0 Å². The fourth-order valence-corrected chi connectivity index (χ4v) is 2.92. The first-order valence-electron chi connectivity index (χ1n) is 8.55. The molecule has 1 amide bonds. The van der Waals surface area contributed by atoms with Crippen LogP contribution >= 0.6 is 0 Å². The van der Waals surface area contributed by atoms with Crippen LogP contribution in [0.25, 0.3) is 0 Å². The molecule has 0 atom stereocenters. The molecule has 24 heavy (non-hydrogen) atoms. The number of aromatic nitrogens is 2. The molecule has 1 aliphatic heterocycles. The Morgan fingerprint density at radius 1 is 1.12 bits per heavy atom. The van der Waals surface area contributed by atoms with Gasteiger partial charge in [-0.05, 0) is 43.4 Å². The van der Waals surface area contributed by atoms with E-state index in [2.05, 4.69) is 34.0 Å². The topological polar surface area (TPSA) is 58.1 Å². The first-order valence-corrected chi connectivity index (χ1v) is 8.55. The Hall–Kier alpha value is -2.43. The van der Waals surface area contributed by atoms with E-state index in [1.165, 1.54) is 18.4 Å². The number of anilines is 2. The third kappa shape index (κ3) is 3.72. The summed E-state index contributed by atoms with van der Waals surface area (Å²) in [6, 6.07) is 9.74. The Morgan fingerprint density at radius 2 is 1.79 bits per heavy atom. The van der Waals surface area contributed by atoms with Crippen LogP contribution in [0.4, 0.5) is 11.5 Å². The second-order valence-electron chi connectivity index (χ2n) is 6.58. The first kappa shape index (κ1) is 16.4. The molecule has 1 fully saturated rings. The van der Waals surface area contributed by atoms with Gasteiger partial charge in [0.2, 0.25) is 0 Å². The van der Waals surface area contributed by atoms with E-state index in [1.807, 2.05) is 31.2 Å². The molecule has 0 saturated carbocycles. The Morgan fingerprint density at radius 3 is 2.42 bits per heavy atom. The van der Waals surface area contributed by atoms with Gasteiger partial charge in [-0.2, -0.15) is 0 Å². The molecule has 0 bridgehead atoms. The standard InChI is InChI=1S/C19H24N4O/c1-13(2)15-6-8-16(9-7-15)22-19(24)17-12-18(21-14(3)20-17)23-10-4-5-11-23/h6-9,12-13H,4-5,10-11H2,1-3H3,(H,22,24). The molecule has 1 aliphatic rings. The van der Waals surface area contributed by atoms with E-state index in [9.17, 15) is 4.79 Å². The highest BCUT2D eigenvalue weighted by atomic mass is 16.1. The molecule has 1 saturated heterocycles. The molecule has 2 heterocycles. The largest absolute Gasteiger partial charge is 0.356 e. The summed E-state index contributed by atoms with van der Waals surface area (Å²) in [4.78, 5) is 23.5. The predicted octanol–water partition coefficient (Wildman–Crippen LogP) is 3.76. The van der Waals surface area contributed by atoms with Gasteiger partial charge in [-0.3, -0.25) is 4.79 Å². The molecule has 5 nitrogen and oxygen atoms in total. The predicted molar refractivity (Wildman–Crippen MR) is 96.7 cm³/mol. The lowest BCUT2D eigenvalue weighted by atomic mass is 10.0. The Labute approximate surface area is 143 Å². The molecule has 0 unspecified atom stereocenters. The van der Waals surface area contributed by atoms with Crippen LogP contribution in [0.3, 0.4) is 0 Å². The maximum Gasteiger partial charge on any atom is 0.274 e. The molecule has 0 radical (unpaired) electrons. The summed E-state index contributed by atoms with van der Waals surface area (Å²) in [5, 5.41) is 2.92. The number of carbonyl (C=O) groups excluding carboxylic acids is 1. The minimum absolute atomic E-state index is 0.196. The normalized spacial score (nSPS) is 14.2. The van der Waals surface area contributed by atoms with Crippen molar-refractivity contribution in [3.05, 3.63) is 47.4 Å². The van der Waals surface area contributed by atoms with Crippen LogP contribution in [0.2, 0.25) is 0 Å². The molecule has 1 N–H and O–H groups in total. The number of rotatable bonds is 4. The Kier molecular flexibility index (Phi) is 4.79. The van der Waals surface area contributed by atoms with E-state index >= 15 is 0 Å². The highest BCUT2D eigenvalue weighted by Gasteiger charge is 2.17. The summed E-state index contributed by atoms with van der Waals surface area (Å²) in [5.41, 5.74) is 2.45. The van der Waals surface area contributed by atoms with Gasteiger partial charge in [0.15, 0.2) is 0 Å². The Bertz CT molecular complexity index is 719. The molecular weight excluding hydrogens is 300 g/mol. The molecule has 1 aromatic carbocycles. The number of nitrogens with zero attached hydrogens (tertiary/aromatic N) is 3.